The van der Waals surface area contributed by atoms with E-state index in [1.807, 2.05) is 0 Å². The first kappa shape index (κ1) is 21.5. The quantitative estimate of drug-likeness (QED) is 0.376. The Labute approximate surface area is 198 Å². The number of ketones is 2. The normalized spacial score (nSPS) is 12.1. The fraction of sp³-hybridized carbons (Fsp3) is 0.0833. The molecule has 1 aliphatic carbocycles. The van der Waals surface area contributed by atoms with Gasteiger partial charge in [0.2, 0.25) is 11.1 Å². The lowest BCUT2D eigenvalue weighted by atomic mass is 9.83. The molecule has 0 bridgehead atoms. The summed E-state index contributed by atoms with van der Waals surface area (Å²) in [5.41, 5.74) is 2.18. The lowest BCUT2D eigenvalue weighted by Gasteiger charge is -2.20. The highest BCUT2D eigenvalue weighted by atomic mass is 32.2. The number of ether oxygens (including phenoxy) is 1. The fourth-order valence-electron chi connectivity index (χ4n) is 3.72. The van der Waals surface area contributed by atoms with E-state index < -0.39 is 0 Å². The molecule has 1 N–H and O–H groups in total. The minimum absolute atomic E-state index is 0.00107. The van der Waals surface area contributed by atoms with Gasteiger partial charge in [0.1, 0.15) is 5.75 Å². The van der Waals surface area contributed by atoms with E-state index >= 15 is 0 Å². The highest BCUT2D eigenvalue weighted by Crippen LogP contribution is 2.32. The Morgan fingerprint density at radius 2 is 1.65 bits per heavy atom. The van der Waals surface area contributed by atoms with Gasteiger partial charge in [-0.3, -0.25) is 14.4 Å². The summed E-state index contributed by atoms with van der Waals surface area (Å²) in [6.45, 7) is 0. The number of aromatic nitrogens is 4. The van der Waals surface area contributed by atoms with Gasteiger partial charge in [-0.05, 0) is 40.8 Å². The molecule has 1 amide bonds. The summed E-state index contributed by atoms with van der Waals surface area (Å²) in [6.07, 6.45) is 0. The van der Waals surface area contributed by atoms with Crippen LogP contribution in [0.4, 0.5) is 5.69 Å². The van der Waals surface area contributed by atoms with Crippen molar-refractivity contribution >= 4 is 34.9 Å². The number of tetrazole rings is 1. The molecule has 1 aromatic heterocycles. The summed E-state index contributed by atoms with van der Waals surface area (Å²) in [5, 5.41) is 14.9. The predicted molar refractivity (Wildman–Crippen MR) is 125 cm³/mol. The van der Waals surface area contributed by atoms with Crippen molar-refractivity contribution in [2.24, 2.45) is 0 Å². The van der Waals surface area contributed by atoms with Gasteiger partial charge in [-0.15, -0.1) is 5.10 Å². The van der Waals surface area contributed by atoms with Crippen LogP contribution < -0.4 is 10.1 Å². The largest absolute Gasteiger partial charge is 0.497 e. The van der Waals surface area contributed by atoms with Crippen LogP contribution in [-0.2, 0) is 4.79 Å². The van der Waals surface area contributed by atoms with Crippen molar-refractivity contribution in [3.63, 3.8) is 0 Å². The SMILES string of the molecule is COc1ccc(-n2nnnc2SCC(=O)Nc2cccc3c2C(=O)c2ccccc2C3=O)cc1. The zero-order valence-electron chi connectivity index (χ0n) is 17.9. The summed E-state index contributed by atoms with van der Waals surface area (Å²) >= 11 is 1.14. The van der Waals surface area contributed by atoms with Crippen molar-refractivity contribution in [2.75, 3.05) is 18.2 Å². The van der Waals surface area contributed by atoms with Gasteiger partial charge in [0.15, 0.2) is 11.6 Å². The molecule has 0 spiro atoms. The van der Waals surface area contributed by atoms with E-state index in [1.165, 1.54) is 4.68 Å². The Kier molecular flexibility index (Phi) is 5.64. The maximum absolute atomic E-state index is 13.1. The van der Waals surface area contributed by atoms with Crippen LogP contribution in [0, 0.1) is 0 Å². The summed E-state index contributed by atoms with van der Waals surface area (Å²) in [4.78, 5) is 38.7. The van der Waals surface area contributed by atoms with E-state index in [1.54, 1.807) is 73.8 Å². The van der Waals surface area contributed by atoms with Crippen molar-refractivity contribution in [1.29, 1.82) is 0 Å². The Morgan fingerprint density at radius 3 is 2.38 bits per heavy atom. The number of hydrogen-bond acceptors (Lipinski definition) is 8. The minimum atomic E-state index is -0.359. The second kappa shape index (κ2) is 8.91. The van der Waals surface area contributed by atoms with E-state index in [9.17, 15) is 14.4 Å². The maximum atomic E-state index is 13.1. The molecule has 1 aliphatic rings. The summed E-state index contributed by atoms with van der Waals surface area (Å²) in [7, 11) is 1.58. The van der Waals surface area contributed by atoms with Gasteiger partial charge in [0.25, 0.3) is 0 Å². The third-order valence-electron chi connectivity index (χ3n) is 5.32. The van der Waals surface area contributed by atoms with Crippen LogP contribution in [0.2, 0.25) is 0 Å². The van der Waals surface area contributed by atoms with Crippen molar-refractivity contribution < 1.29 is 19.1 Å². The summed E-state index contributed by atoms with van der Waals surface area (Å²) in [5.74, 6) is -0.195. The number of hydrogen-bond donors (Lipinski definition) is 1. The first-order chi connectivity index (χ1) is 16.6. The van der Waals surface area contributed by atoms with Gasteiger partial charge in [-0.2, -0.15) is 4.68 Å². The van der Waals surface area contributed by atoms with Crippen LogP contribution in [0.5, 0.6) is 5.75 Å². The number of fused-ring (bicyclic) bond motifs is 2. The third kappa shape index (κ3) is 3.84. The number of carbonyl (C=O) groups is 3. The third-order valence-corrected chi connectivity index (χ3v) is 6.24. The lowest BCUT2D eigenvalue weighted by Crippen LogP contribution is -2.24. The number of methoxy groups -OCH3 is 1. The second-order valence-corrected chi connectivity index (χ2v) is 8.28. The molecular weight excluding hydrogens is 454 g/mol. The molecule has 4 aromatic rings. The molecule has 168 valence electrons. The predicted octanol–water partition coefficient (Wildman–Crippen LogP) is 3.18. The van der Waals surface area contributed by atoms with Crippen LogP contribution in [0.1, 0.15) is 31.8 Å². The maximum Gasteiger partial charge on any atom is 0.234 e. The Hall–Kier alpha value is -4.31. The molecule has 9 nitrogen and oxygen atoms in total. The zero-order valence-corrected chi connectivity index (χ0v) is 18.7. The molecule has 0 radical (unpaired) electrons. The first-order valence-corrected chi connectivity index (χ1v) is 11.2. The molecule has 3 aromatic carbocycles. The number of anilines is 1. The molecule has 10 heteroatoms. The van der Waals surface area contributed by atoms with Crippen molar-refractivity contribution in [3.8, 4) is 11.4 Å². The van der Waals surface area contributed by atoms with Gasteiger partial charge < -0.3 is 10.1 Å². The monoisotopic (exact) mass is 471 g/mol. The van der Waals surface area contributed by atoms with Gasteiger partial charge in [0, 0.05) is 16.7 Å². The molecular formula is C24H17N5O4S. The number of thioether (sulfide) groups is 1. The van der Waals surface area contributed by atoms with Crippen molar-refractivity contribution in [2.45, 2.75) is 5.16 Å². The molecule has 0 aliphatic heterocycles. The number of rotatable bonds is 6. The standard InChI is InChI=1S/C24H17N5O4S/c1-33-15-11-9-14(10-12-15)29-24(26-27-28-29)34-13-20(30)25-19-8-4-7-18-21(19)23(32)17-6-3-2-5-16(17)22(18)31/h2-12H,13H2,1H3,(H,25,30). The summed E-state index contributed by atoms with van der Waals surface area (Å²) in [6, 6.07) is 18.7. The smallest absolute Gasteiger partial charge is 0.234 e. The van der Waals surface area contributed by atoms with E-state index in [2.05, 4.69) is 20.8 Å². The van der Waals surface area contributed by atoms with Crippen LogP contribution in [0.25, 0.3) is 5.69 Å². The average molecular weight is 471 g/mol. The summed E-state index contributed by atoms with van der Waals surface area (Å²) < 4.78 is 6.68. The molecule has 0 saturated heterocycles. The fourth-order valence-corrected chi connectivity index (χ4v) is 4.41. The number of nitrogens with zero attached hydrogens (tertiary/aromatic N) is 4. The number of carbonyl (C=O) groups excluding carboxylic acids is 3. The van der Waals surface area contributed by atoms with Crippen molar-refractivity contribution in [3.05, 3.63) is 89.0 Å². The molecule has 0 saturated carbocycles. The van der Waals surface area contributed by atoms with Crippen LogP contribution >= 0.6 is 11.8 Å². The highest BCUT2D eigenvalue weighted by molar-refractivity contribution is 7.99. The molecule has 1 heterocycles. The molecule has 0 fully saturated rings. The van der Waals surface area contributed by atoms with Gasteiger partial charge >= 0.3 is 0 Å². The van der Waals surface area contributed by atoms with E-state index in [0.717, 1.165) is 11.8 Å². The second-order valence-electron chi connectivity index (χ2n) is 7.34. The molecule has 0 atom stereocenters. The number of amides is 1. The minimum Gasteiger partial charge on any atom is -0.497 e. The number of benzene rings is 3. The highest BCUT2D eigenvalue weighted by Gasteiger charge is 2.31. The Morgan fingerprint density at radius 1 is 0.941 bits per heavy atom. The van der Waals surface area contributed by atoms with Crippen LogP contribution in [-0.4, -0.2) is 50.5 Å². The van der Waals surface area contributed by atoms with Gasteiger partial charge in [0.05, 0.1) is 29.8 Å². The molecule has 34 heavy (non-hydrogen) atoms. The van der Waals surface area contributed by atoms with Crippen molar-refractivity contribution in [1.82, 2.24) is 20.2 Å². The lowest BCUT2D eigenvalue weighted by molar-refractivity contribution is -0.113. The molecule has 5 rings (SSSR count). The van der Waals surface area contributed by atoms with E-state index in [0.29, 0.717) is 33.4 Å². The van der Waals surface area contributed by atoms with Crippen LogP contribution in [0.3, 0.4) is 0 Å². The van der Waals surface area contributed by atoms with Gasteiger partial charge in [-0.1, -0.05) is 48.2 Å². The number of nitrogens with one attached hydrogen (secondary N) is 1. The van der Waals surface area contributed by atoms with Crippen LogP contribution in [0.15, 0.2) is 71.9 Å². The zero-order chi connectivity index (χ0) is 23.7. The topological polar surface area (TPSA) is 116 Å². The Balaban J connectivity index is 1.33. The van der Waals surface area contributed by atoms with Gasteiger partial charge in [-0.25, -0.2) is 0 Å². The molecule has 0 unspecified atom stereocenters. The van der Waals surface area contributed by atoms with E-state index in [-0.39, 0.29) is 34.4 Å². The first-order valence-electron chi connectivity index (χ1n) is 10.2. The van der Waals surface area contributed by atoms with E-state index in [4.69, 9.17) is 4.74 Å². The Bertz CT molecular complexity index is 1430. The average Bonchev–Trinajstić information content (AvgIpc) is 3.35.